The molecule has 1 saturated heterocycles. The van der Waals surface area contributed by atoms with Crippen molar-refractivity contribution in [1.82, 2.24) is 10.4 Å². The summed E-state index contributed by atoms with van der Waals surface area (Å²) in [6, 6.07) is 22.7. The number of hydrogen-bond donors (Lipinski definition) is 2. The number of carbonyl (C=O) groups excluding carboxylic acids is 2. The number of thioether (sulfide) groups is 1. The van der Waals surface area contributed by atoms with E-state index in [0.717, 1.165) is 10.5 Å². The molecule has 7 nitrogen and oxygen atoms in total. The van der Waals surface area contributed by atoms with Gasteiger partial charge in [-0.3, -0.25) is 10.0 Å². The van der Waals surface area contributed by atoms with E-state index in [-0.39, 0.29) is 24.9 Å². The van der Waals surface area contributed by atoms with E-state index < -0.39 is 10.7 Å². The van der Waals surface area contributed by atoms with E-state index in [1.807, 2.05) is 54.6 Å². The maximum absolute atomic E-state index is 13.1. The first-order chi connectivity index (χ1) is 17.4. The van der Waals surface area contributed by atoms with Crippen molar-refractivity contribution in [3.8, 4) is 11.5 Å². The van der Waals surface area contributed by atoms with Crippen LogP contribution in [-0.4, -0.2) is 39.9 Å². The van der Waals surface area contributed by atoms with Crippen molar-refractivity contribution in [3.63, 3.8) is 0 Å². The van der Waals surface area contributed by atoms with Gasteiger partial charge in [-0.25, -0.2) is 14.7 Å². The second kappa shape index (κ2) is 11.9. The van der Waals surface area contributed by atoms with Crippen LogP contribution in [0.25, 0.3) is 0 Å². The Bertz CT molecular complexity index is 1150. The number of nitrogens with zero attached hydrogens (tertiary/aromatic N) is 1. The fraction of sp³-hybridized carbons (Fsp3) is 0.259. The molecule has 1 aliphatic rings. The van der Waals surface area contributed by atoms with E-state index >= 15 is 0 Å². The zero-order valence-corrected chi connectivity index (χ0v) is 20.4. The van der Waals surface area contributed by atoms with Gasteiger partial charge in [-0.05, 0) is 66.9 Å². The lowest BCUT2D eigenvalue weighted by Gasteiger charge is -2.40. The second-order valence-electron chi connectivity index (χ2n) is 8.55. The molecule has 36 heavy (non-hydrogen) atoms. The third-order valence-corrected chi connectivity index (χ3v) is 7.45. The molecule has 188 valence electrons. The number of likely N-dealkylation sites (tertiary alicyclic amines) is 1. The van der Waals surface area contributed by atoms with Crippen molar-refractivity contribution in [2.45, 2.75) is 35.5 Å². The van der Waals surface area contributed by atoms with Crippen molar-refractivity contribution >= 4 is 23.8 Å². The average Bonchev–Trinajstić information content (AvgIpc) is 2.90. The quantitative estimate of drug-likeness (QED) is 0.295. The van der Waals surface area contributed by atoms with Crippen LogP contribution in [0.2, 0.25) is 0 Å². The zero-order valence-electron chi connectivity index (χ0n) is 19.6. The van der Waals surface area contributed by atoms with Gasteiger partial charge in [-0.1, -0.05) is 30.3 Å². The number of amides is 2. The number of hydroxylamine groups is 1. The maximum Gasteiger partial charge on any atom is 0.410 e. The largest absolute Gasteiger partial charge is 0.457 e. The highest BCUT2D eigenvalue weighted by molar-refractivity contribution is 8.00. The van der Waals surface area contributed by atoms with Gasteiger partial charge in [0.1, 0.15) is 23.9 Å². The highest BCUT2D eigenvalue weighted by atomic mass is 32.2. The van der Waals surface area contributed by atoms with Crippen LogP contribution in [-0.2, 0) is 16.1 Å². The van der Waals surface area contributed by atoms with Crippen molar-refractivity contribution in [2.24, 2.45) is 0 Å². The summed E-state index contributed by atoms with van der Waals surface area (Å²) in [6.45, 7) is 1.07. The second-order valence-corrected chi connectivity index (χ2v) is 10.1. The third kappa shape index (κ3) is 6.99. The number of nitrogens with one attached hydrogen (secondary N) is 1. The molecular weight excluding hydrogens is 483 g/mol. The summed E-state index contributed by atoms with van der Waals surface area (Å²) >= 11 is 1.54. The van der Waals surface area contributed by atoms with Gasteiger partial charge in [-0.15, -0.1) is 11.8 Å². The molecule has 0 aromatic heterocycles. The standard InChI is InChI=1S/C27H27FN2O5S/c28-21-6-8-22(9-7-21)35-23-10-12-24(13-11-23)36-27(18-25(31)29-33)14-16-30(17-15-27)26(32)34-19-20-4-2-1-3-5-20/h1-13,33H,14-19H2,(H,29,31). The summed E-state index contributed by atoms with van der Waals surface area (Å²) in [6.07, 6.45) is 0.833. The fourth-order valence-corrected chi connectivity index (χ4v) is 5.38. The Morgan fingerprint density at radius 1 is 0.944 bits per heavy atom. The van der Waals surface area contributed by atoms with Crippen molar-refractivity contribution < 1.29 is 28.7 Å². The fourth-order valence-electron chi connectivity index (χ4n) is 4.02. The van der Waals surface area contributed by atoms with E-state index in [1.165, 1.54) is 12.1 Å². The summed E-state index contributed by atoms with van der Waals surface area (Å²) in [4.78, 5) is 27.2. The smallest absolute Gasteiger partial charge is 0.410 e. The van der Waals surface area contributed by atoms with Gasteiger partial charge in [0.2, 0.25) is 5.91 Å². The van der Waals surface area contributed by atoms with E-state index in [0.29, 0.717) is 37.4 Å². The highest BCUT2D eigenvalue weighted by Gasteiger charge is 2.39. The SMILES string of the molecule is O=C(CC1(Sc2ccc(Oc3ccc(F)cc3)cc2)CCN(C(=O)OCc2ccccc2)CC1)NO. The Morgan fingerprint density at radius 3 is 2.17 bits per heavy atom. The first kappa shape index (κ1) is 25.5. The van der Waals surface area contributed by atoms with Gasteiger partial charge in [0.05, 0.1) is 0 Å². The Kier molecular flexibility index (Phi) is 8.45. The number of hydrogen-bond acceptors (Lipinski definition) is 6. The molecule has 0 bridgehead atoms. The van der Waals surface area contributed by atoms with E-state index in [9.17, 15) is 14.0 Å². The minimum atomic E-state index is -0.498. The first-order valence-corrected chi connectivity index (χ1v) is 12.4. The van der Waals surface area contributed by atoms with Crippen molar-refractivity contribution in [2.75, 3.05) is 13.1 Å². The predicted molar refractivity (Wildman–Crippen MR) is 133 cm³/mol. The van der Waals surface area contributed by atoms with Crippen molar-refractivity contribution in [1.29, 1.82) is 0 Å². The Hall–Kier alpha value is -3.56. The molecule has 0 saturated carbocycles. The molecule has 0 aliphatic carbocycles. The van der Waals surface area contributed by atoms with Crippen LogP contribution in [0.3, 0.4) is 0 Å². The lowest BCUT2D eigenvalue weighted by atomic mass is 9.92. The molecule has 1 heterocycles. The summed E-state index contributed by atoms with van der Waals surface area (Å²) in [5.41, 5.74) is 2.65. The molecule has 1 fully saturated rings. The molecule has 0 radical (unpaired) electrons. The van der Waals surface area contributed by atoms with Gasteiger partial charge in [0.15, 0.2) is 0 Å². The molecule has 2 N–H and O–H groups in total. The monoisotopic (exact) mass is 510 g/mol. The van der Waals surface area contributed by atoms with Gasteiger partial charge in [0.25, 0.3) is 0 Å². The molecule has 3 aromatic rings. The molecule has 0 unspecified atom stereocenters. The van der Waals surface area contributed by atoms with Crippen LogP contribution in [0, 0.1) is 5.82 Å². The van der Waals surface area contributed by atoms with E-state index in [1.54, 1.807) is 34.3 Å². The zero-order chi connectivity index (χ0) is 25.4. The molecule has 9 heteroatoms. The molecule has 0 atom stereocenters. The number of piperidine rings is 1. The summed E-state index contributed by atoms with van der Waals surface area (Å²) in [5.74, 6) is 0.323. The Labute approximate surface area is 213 Å². The number of ether oxygens (including phenoxy) is 2. The third-order valence-electron chi connectivity index (χ3n) is 5.95. The highest BCUT2D eigenvalue weighted by Crippen LogP contribution is 2.44. The average molecular weight is 511 g/mol. The van der Waals surface area contributed by atoms with Gasteiger partial charge < -0.3 is 14.4 Å². The number of benzene rings is 3. The predicted octanol–water partition coefficient (Wildman–Crippen LogP) is 5.78. The Morgan fingerprint density at radius 2 is 1.56 bits per heavy atom. The van der Waals surface area contributed by atoms with E-state index in [2.05, 4.69) is 0 Å². The molecule has 4 rings (SSSR count). The molecule has 2 amide bonds. The Balaban J connectivity index is 1.37. The van der Waals surface area contributed by atoms with Gasteiger partial charge in [-0.2, -0.15) is 0 Å². The van der Waals surface area contributed by atoms with Crippen LogP contribution >= 0.6 is 11.8 Å². The molecular formula is C27H27FN2O5S. The van der Waals surface area contributed by atoms with Crippen LogP contribution in [0.5, 0.6) is 11.5 Å². The lowest BCUT2D eigenvalue weighted by Crippen LogP contribution is -2.47. The van der Waals surface area contributed by atoms with Gasteiger partial charge >= 0.3 is 6.09 Å². The summed E-state index contributed by atoms with van der Waals surface area (Å²) in [7, 11) is 0. The number of carbonyl (C=O) groups is 2. The maximum atomic E-state index is 13.1. The summed E-state index contributed by atoms with van der Waals surface area (Å²) < 4.78 is 23.8. The lowest BCUT2D eigenvalue weighted by molar-refractivity contribution is -0.130. The molecule has 3 aromatic carbocycles. The van der Waals surface area contributed by atoms with E-state index in [4.69, 9.17) is 14.7 Å². The van der Waals surface area contributed by atoms with Crippen molar-refractivity contribution in [3.05, 3.63) is 90.2 Å². The topological polar surface area (TPSA) is 88.1 Å². The number of halogens is 1. The summed E-state index contributed by atoms with van der Waals surface area (Å²) in [5, 5.41) is 9.12. The van der Waals surface area contributed by atoms with Crippen LogP contribution < -0.4 is 10.2 Å². The van der Waals surface area contributed by atoms with Gasteiger partial charge in [0, 0.05) is 29.2 Å². The molecule has 1 aliphatic heterocycles. The van der Waals surface area contributed by atoms with Crippen LogP contribution in [0.4, 0.5) is 9.18 Å². The minimum absolute atomic E-state index is 0.106. The molecule has 0 spiro atoms. The minimum Gasteiger partial charge on any atom is -0.457 e. The normalized spacial score (nSPS) is 14.7. The van der Waals surface area contributed by atoms with Crippen LogP contribution in [0.1, 0.15) is 24.8 Å². The number of rotatable bonds is 8. The van der Waals surface area contributed by atoms with Crippen LogP contribution in [0.15, 0.2) is 83.8 Å². The first-order valence-electron chi connectivity index (χ1n) is 11.6.